The molecule has 3 rings (SSSR count). The molecule has 2 aromatic heterocycles. The van der Waals surface area contributed by atoms with Gasteiger partial charge in [0.2, 0.25) is 0 Å². The van der Waals surface area contributed by atoms with E-state index in [9.17, 15) is 10.1 Å². The maximum absolute atomic E-state index is 12.4. The van der Waals surface area contributed by atoms with E-state index in [-0.39, 0.29) is 11.8 Å². The molecule has 2 heterocycles. The van der Waals surface area contributed by atoms with E-state index in [1.54, 1.807) is 16.9 Å². The fourth-order valence-electron chi connectivity index (χ4n) is 3.05. The van der Waals surface area contributed by atoms with Crippen molar-refractivity contribution < 1.29 is 4.79 Å². The number of fused-ring (bicyclic) bond motifs is 1. The summed E-state index contributed by atoms with van der Waals surface area (Å²) in [5, 5.41) is 16.4. The van der Waals surface area contributed by atoms with Crippen molar-refractivity contribution in [3.63, 3.8) is 0 Å². The Hall–Kier alpha value is -2.35. The minimum Gasteiger partial charge on any atom is -0.336 e. The average molecular weight is 282 g/mol. The number of nitrogens with one attached hydrogen (secondary N) is 1. The van der Waals surface area contributed by atoms with Gasteiger partial charge >= 0.3 is 0 Å². The molecule has 108 valence electrons. The Balaban J connectivity index is 1.77. The molecule has 0 bridgehead atoms. The largest absolute Gasteiger partial charge is 0.336 e. The topological polar surface area (TPSA) is 70.2 Å². The molecule has 2 aromatic rings. The Kier molecular flexibility index (Phi) is 3.87. The van der Waals surface area contributed by atoms with E-state index in [4.69, 9.17) is 0 Å². The van der Waals surface area contributed by atoms with E-state index in [2.05, 4.69) is 16.5 Å². The van der Waals surface area contributed by atoms with Crippen LogP contribution >= 0.6 is 0 Å². The van der Waals surface area contributed by atoms with Crippen LogP contribution in [0.5, 0.6) is 0 Å². The molecule has 1 fully saturated rings. The summed E-state index contributed by atoms with van der Waals surface area (Å²) in [6, 6.07) is 7.43. The van der Waals surface area contributed by atoms with E-state index in [1.165, 1.54) is 6.42 Å². The second-order valence-corrected chi connectivity index (χ2v) is 5.57. The normalized spacial score (nSPS) is 17.3. The summed E-state index contributed by atoms with van der Waals surface area (Å²) >= 11 is 0. The van der Waals surface area contributed by atoms with Crippen LogP contribution in [0.15, 0.2) is 30.6 Å². The Morgan fingerprint density at radius 2 is 2.19 bits per heavy atom. The number of nitriles is 1. The van der Waals surface area contributed by atoms with Crippen molar-refractivity contribution in [3.05, 3.63) is 36.2 Å². The molecule has 1 amide bonds. The molecular formula is C16H18N4O. The monoisotopic (exact) mass is 282 g/mol. The molecule has 0 aromatic carbocycles. The summed E-state index contributed by atoms with van der Waals surface area (Å²) in [5.74, 6) is 0.0582. The van der Waals surface area contributed by atoms with Crippen LogP contribution in [-0.2, 0) is 0 Å². The highest BCUT2D eigenvalue weighted by atomic mass is 16.1. The van der Waals surface area contributed by atoms with E-state index in [1.807, 2.05) is 18.2 Å². The lowest BCUT2D eigenvalue weighted by Gasteiger charge is -2.26. The SMILES string of the molecule is N#CC(NC(=O)c1cnn2ccccc12)C1CCCCC1. The molecule has 0 saturated heterocycles. The third-order valence-corrected chi connectivity index (χ3v) is 4.22. The van der Waals surface area contributed by atoms with Gasteiger partial charge in [-0.05, 0) is 30.9 Å². The van der Waals surface area contributed by atoms with E-state index in [0.717, 1.165) is 31.2 Å². The minimum absolute atomic E-state index is 0.215. The molecular weight excluding hydrogens is 264 g/mol. The summed E-state index contributed by atoms with van der Waals surface area (Å²) < 4.78 is 1.66. The quantitative estimate of drug-likeness (QED) is 0.940. The zero-order chi connectivity index (χ0) is 14.7. The van der Waals surface area contributed by atoms with Gasteiger partial charge in [-0.2, -0.15) is 10.4 Å². The minimum atomic E-state index is -0.406. The first-order valence-electron chi connectivity index (χ1n) is 7.42. The Labute approximate surface area is 123 Å². The lowest BCUT2D eigenvalue weighted by atomic mass is 9.84. The van der Waals surface area contributed by atoms with E-state index < -0.39 is 6.04 Å². The number of carbonyl (C=O) groups excluding carboxylic acids is 1. The maximum Gasteiger partial charge on any atom is 0.256 e. The van der Waals surface area contributed by atoms with Gasteiger partial charge in [-0.3, -0.25) is 4.79 Å². The molecule has 1 N–H and O–H groups in total. The van der Waals surface area contributed by atoms with Gasteiger partial charge in [0, 0.05) is 6.20 Å². The fraction of sp³-hybridized carbons (Fsp3) is 0.438. The summed E-state index contributed by atoms with van der Waals surface area (Å²) in [6.07, 6.45) is 8.93. The smallest absolute Gasteiger partial charge is 0.256 e. The highest BCUT2D eigenvalue weighted by molar-refractivity contribution is 6.00. The number of pyridine rings is 1. The first-order chi connectivity index (χ1) is 10.3. The van der Waals surface area contributed by atoms with Crippen molar-refractivity contribution in [1.82, 2.24) is 14.9 Å². The van der Waals surface area contributed by atoms with Crippen LogP contribution in [0.2, 0.25) is 0 Å². The third kappa shape index (κ3) is 2.75. The number of rotatable bonds is 3. The molecule has 0 radical (unpaired) electrons. The fourth-order valence-corrected chi connectivity index (χ4v) is 3.05. The van der Waals surface area contributed by atoms with Crippen LogP contribution < -0.4 is 5.32 Å². The molecule has 5 nitrogen and oxygen atoms in total. The van der Waals surface area contributed by atoms with Crippen molar-refractivity contribution in [1.29, 1.82) is 5.26 Å². The number of amides is 1. The summed E-state index contributed by atoms with van der Waals surface area (Å²) in [4.78, 5) is 12.4. The number of nitrogens with zero attached hydrogens (tertiary/aromatic N) is 3. The van der Waals surface area contributed by atoms with Gasteiger partial charge in [0.15, 0.2) is 0 Å². The highest BCUT2D eigenvalue weighted by Crippen LogP contribution is 2.26. The van der Waals surface area contributed by atoms with E-state index >= 15 is 0 Å². The molecule has 1 aliphatic carbocycles. The van der Waals surface area contributed by atoms with Gasteiger partial charge in [0.25, 0.3) is 5.91 Å². The zero-order valence-corrected chi connectivity index (χ0v) is 11.8. The molecule has 1 aliphatic rings. The summed E-state index contributed by atoms with van der Waals surface area (Å²) in [7, 11) is 0. The van der Waals surface area contributed by atoms with Gasteiger partial charge < -0.3 is 5.32 Å². The van der Waals surface area contributed by atoms with Gasteiger partial charge in [-0.15, -0.1) is 0 Å². The Bertz CT molecular complexity index is 679. The summed E-state index contributed by atoms with van der Waals surface area (Å²) in [5.41, 5.74) is 1.28. The van der Waals surface area contributed by atoms with Crippen molar-refractivity contribution >= 4 is 11.4 Å². The van der Waals surface area contributed by atoms with E-state index in [0.29, 0.717) is 5.56 Å². The second-order valence-electron chi connectivity index (χ2n) is 5.57. The predicted molar refractivity (Wildman–Crippen MR) is 78.6 cm³/mol. The third-order valence-electron chi connectivity index (χ3n) is 4.22. The Morgan fingerprint density at radius 1 is 1.38 bits per heavy atom. The van der Waals surface area contributed by atoms with Crippen LogP contribution in [0.25, 0.3) is 5.52 Å². The molecule has 1 saturated carbocycles. The molecule has 21 heavy (non-hydrogen) atoms. The van der Waals surface area contributed by atoms with Crippen LogP contribution in [-0.4, -0.2) is 21.6 Å². The van der Waals surface area contributed by atoms with Gasteiger partial charge in [0.05, 0.1) is 23.3 Å². The predicted octanol–water partition coefficient (Wildman–Crippen LogP) is 2.54. The van der Waals surface area contributed by atoms with Crippen molar-refractivity contribution in [2.24, 2.45) is 5.92 Å². The van der Waals surface area contributed by atoms with Crippen molar-refractivity contribution in [3.8, 4) is 6.07 Å². The highest BCUT2D eigenvalue weighted by Gasteiger charge is 2.26. The summed E-state index contributed by atoms with van der Waals surface area (Å²) in [6.45, 7) is 0. The number of hydrogen-bond acceptors (Lipinski definition) is 3. The van der Waals surface area contributed by atoms with Gasteiger partial charge in [0.1, 0.15) is 6.04 Å². The van der Waals surface area contributed by atoms with Gasteiger partial charge in [-0.25, -0.2) is 4.52 Å². The number of carbonyl (C=O) groups is 1. The Morgan fingerprint density at radius 3 is 2.95 bits per heavy atom. The first-order valence-corrected chi connectivity index (χ1v) is 7.42. The lowest BCUT2D eigenvalue weighted by Crippen LogP contribution is -2.40. The molecule has 5 heteroatoms. The maximum atomic E-state index is 12.4. The zero-order valence-electron chi connectivity index (χ0n) is 11.8. The van der Waals surface area contributed by atoms with Crippen molar-refractivity contribution in [2.45, 2.75) is 38.1 Å². The standard InChI is InChI=1S/C16H18N4O/c17-10-14(12-6-2-1-3-7-12)19-16(21)13-11-18-20-9-5-4-8-15(13)20/h4-5,8-9,11-12,14H,1-3,6-7H2,(H,19,21). The second kappa shape index (κ2) is 5.96. The average Bonchev–Trinajstić information content (AvgIpc) is 2.97. The van der Waals surface area contributed by atoms with Gasteiger partial charge in [-0.1, -0.05) is 25.3 Å². The number of hydrogen-bond donors (Lipinski definition) is 1. The van der Waals surface area contributed by atoms with Crippen molar-refractivity contribution in [2.75, 3.05) is 0 Å². The first kappa shape index (κ1) is 13.6. The number of aromatic nitrogens is 2. The van der Waals surface area contributed by atoms with Crippen LogP contribution in [0.1, 0.15) is 42.5 Å². The van der Waals surface area contributed by atoms with Crippen LogP contribution in [0.3, 0.4) is 0 Å². The molecule has 1 atom stereocenters. The molecule has 0 spiro atoms. The molecule has 1 unspecified atom stereocenters. The lowest BCUT2D eigenvalue weighted by molar-refractivity contribution is 0.0930. The molecule has 0 aliphatic heterocycles. The van der Waals surface area contributed by atoms with Crippen LogP contribution in [0, 0.1) is 17.2 Å². The van der Waals surface area contributed by atoms with Crippen LogP contribution in [0.4, 0.5) is 0 Å².